The van der Waals surface area contributed by atoms with E-state index in [9.17, 15) is 9.59 Å². The van der Waals surface area contributed by atoms with Crippen molar-refractivity contribution in [1.82, 2.24) is 0 Å². The van der Waals surface area contributed by atoms with Crippen LogP contribution in [0.2, 0.25) is 0 Å². The molecule has 4 nitrogen and oxygen atoms in total. The van der Waals surface area contributed by atoms with E-state index >= 15 is 0 Å². The second-order valence-corrected chi connectivity index (χ2v) is 6.78. The number of ether oxygens (including phenoxy) is 1. The summed E-state index contributed by atoms with van der Waals surface area (Å²) < 4.78 is 4.76. The first kappa shape index (κ1) is 15.5. The number of rotatable bonds is 3. The molecule has 21 heavy (non-hydrogen) atoms. The molecule has 1 aromatic rings. The lowest BCUT2D eigenvalue weighted by Gasteiger charge is -2.23. The van der Waals surface area contributed by atoms with Crippen LogP contribution in [0.3, 0.4) is 0 Å². The van der Waals surface area contributed by atoms with Gasteiger partial charge in [0.25, 0.3) is 0 Å². The monoisotopic (exact) mass is 289 g/mol. The summed E-state index contributed by atoms with van der Waals surface area (Å²) in [5.41, 5.74) is 1.94. The van der Waals surface area contributed by atoms with Crippen molar-refractivity contribution >= 4 is 17.6 Å². The molecule has 2 rings (SSSR count). The second-order valence-electron chi connectivity index (χ2n) is 6.78. The number of carbonyl (C=O) groups excluding carboxylic acids is 2. The van der Waals surface area contributed by atoms with Gasteiger partial charge in [-0.2, -0.15) is 0 Å². The smallest absolute Gasteiger partial charge is 0.306 e. The number of carbonyl (C=O) groups is 2. The van der Waals surface area contributed by atoms with Crippen molar-refractivity contribution in [2.24, 2.45) is 5.41 Å². The van der Waals surface area contributed by atoms with E-state index in [0.717, 1.165) is 11.3 Å². The predicted octanol–water partition coefficient (Wildman–Crippen LogP) is 3.12. The van der Waals surface area contributed by atoms with Crippen LogP contribution < -0.4 is 4.90 Å². The molecule has 0 fully saturated rings. The molecule has 0 aliphatic carbocycles. The first-order valence-electron chi connectivity index (χ1n) is 7.28. The molecule has 114 valence electrons. The van der Waals surface area contributed by atoms with E-state index in [1.165, 1.54) is 7.11 Å². The number of esters is 1. The molecule has 0 N–H and O–H groups in total. The van der Waals surface area contributed by atoms with Crippen molar-refractivity contribution in [3.05, 3.63) is 29.8 Å². The maximum absolute atomic E-state index is 12.5. The van der Waals surface area contributed by atoms with E-state index in [1.54, 1.807) is 0 Å². The molecule has 1 atom stereocenters. The Morgan fingerprint density at radius 2 is 1.95 bits per heavy atom. The standard InChI is InChI=1S/C17H23NO3/c1-17(2,3)10-15(19)18-11-12(9-16(20)21-4)13-7-5-6-8-14(13)18/h5-8,12H,9-11H2,1-4H3. The maximum Gasteiger partial charge on any atom is 0.306 e. The normalized spacial score (nSPS) is 17.5. The largest absolute Gasteiger partial charge is 0.469 e. The van der Waals surface area contributed by atoms with Crippen LogP contribution in [-0.2, 0) is 14.3 Å². The van der Waals surface area contributed by atoms with Gasteiger partial charge in [-0.1, -0.05) is 39.0 Å². The highest BCUT2D eigenvalue weighted by atomic mass is 16.5. The average molecular weight is 289 g/mol. The van der Waals surface area contributed by atoms with Crippen molar-refractivity contribution in [3.8, 4) is 0 Å². The zero-order chi connectivity index (χ0) is 15.6. The molecule has 0 aromatic heterocycles. The number of nitrogens with zero attached hydrogens (tertiary/aromatic N) is 1. The summed E-state index contributed by atoms with van der Waals surface area (Å²) in [4.78, 5) is 25.9. The highest BCUT2D eigenvalue weighted by molar-refractivity contribution is 5.96. The number of methoxy groups -OCH3 is 1. The van der Waals surface area contributed by atoms with Crippen LogP contribution in [0, 0.1) is 5.41 Å². The zero-order valence-electron chi connectivity index (χ0n) is 13.2. The van der Waals surface area contributed by atoms with Crippen LogP contribution >= 0.6 is 0 Å². The Hall–Kier alpha value is -1.84. The van der Waals surface area contributed by atoms with E-state index in [4.69, 9.17) is 4.74 Å². The number of hydrogen-bond donors (Lipinski definition) is 0. The molecule has 4 heteroatoms. The molecule has 1 aliphatic rings. The van der Waals surface area contributed by atoms with E-state index in [-0.39, 0.29) is 23.2 Å². The number of para-hydroxylation sites is 1. The summed E-state index contributed by atoms with van der Waals surface area (Å²) in [6.07, 6.45) is 0.805. The minimum Gasteiger partial charge on any atom is -0.469 e. The minimum atomic E-state index is -0.236. The van der Waals surface area contributed by atoms with Crippen LogP contribution in [0.25, 0.3) is 0 Å². The third kappa shape index (κ3) is 3.63. The fourth-order valence-electron chi connectivity index (χ4n) is 2.74. The molecule has 1 unspecified atom stereocenters. The molecule has 0 saturated heterocycles. The van der Waals surface area contributed by atoms with Crippen molar-refractivity contribution in [2.45, 2.75) is 39.5 Å². The average Bonchev–Trinajstić information content (AvgIpc) is 2.76. The van der Waals surface area contributed by atoms with Gasteiger partial charge in [0.1, 0.15) is 0 Å². The lowest BCUT2D eigenvalue weighted by molar-refractivity contribution is -0.141. The molecule has 1 heterocycles. The first-order chi connectivity index (χ1) is 9.81. The van der Waals surface area contributed by atoms with Gasteiger partial charge in [0, 0.05) is 24.6 Å². The third-order valence-corrected chi connectivity index (χ3v) is 3.69. The van der Waals surface area contributed by atoms with E-state index in [0.29, 0.717) is 19.4 Å². The quantitative estimate of drug-likeness (QED) is 0.803. The van der Waals surface area contributed by atoms with Gasteiger partial charge in [-0.05, 0) is 17.0 Å². The zero-order valence-corrected chi connectivity index (χ0v) is 13.2. The minimum absolute atomic E-state index is 0.0255. The van der Waals surface area contributed by atoms with Gasteiger partial charge in [0.2, 0.25) is 5.91 Å². The summed E-state index contributed by atoms with van der Waals surface area (Å²) in [6.45, 7) is 6.72. The number of fused-ring (bicyclic) bond motifs is 1. The first-order valence-corrected chi connectivity index (χ1v) is 7.28. The van der Waals surface area contributed by atoms with E-state index in [1.807, 2.05) is 29.2 Å². The van der Waals surface area contributed by atoms with Crippen LogP contribution in [0.1, 0.15) is 45.1 Å². The second kappa shape index (κ2) is 5.88. The van der Waals surface area contributed by atoms with Crippen LogP contribution in [0.4, 0.5) is 5.69 Å². The van der Waals surface area contributed by atoms with Crippen LogP contribution in [-0.4, -0.2) is 25.5 Å². The summed E-state index contributed by atoms with van der Waals surface area (Å²) in [5.74, 6) is -0.0974. The maximum atomic E-state index is 12.5. The lowest BCUT2D eigenvalue weighted by atomic mass is 9.91. The molecular formula is C17H23NO3. The van der Waals surface area contributed by atoms with Gasteiger partial charge < -0.3 is 9.64 Å². The third-order valence-electron chi connectivity index (χ3n) is 3.69. The summed E-state index contributed by atoms with van der Waals surface area (Å²) in [7, 11) is 1.39. The van der Waals surface area contributed by atoms with Crippen molar-refractivity contribution in [1.29, 1.82) is 0 Å². The topological polar surface area (TPSA) is 46.6 Å². The van der Waals surface area contributed by atoms with E-state index < -0.39 is 0 Å². The number of amides is 1. The Morgan fingerprint density at radius 1 is 1.29 bits per heavy atom. The summed E-state index contributed by atoms with van der Waals surface area (Å²) >= 11 is 0. The SMILES string of the molecule is COC(=O)CC1CN(C(=O)CC(C)(C)C)c2ccccc21. The van der Waals surface area contributed by atoms with Crippen LogP contribution in [0.15, 0.2) is 24.3 Å². The van der Waals surface area contributed by atoms with Gasteiger partial charge >= 0.3 is 5.97 Å². The summed E-state index contributed by atoms with van der Waals surface area (Å²) in [6, 6.07) is 7.82. The van der Waals surface area contributed by atoms with Gasteiger partial charge in [-0.25, -0.2) is 0 Å². The Morgan fingerprint density at radius 3 is 2.57 bits per heavy atom. The van der Waals surface area contributed by atoms with Gasteiger partial charge in [0.15, 0.2) is 0 Å². The number of hydrogen-bond acceptors (Lipinski definition) is 3. The fraction of sp³-hybridized carbons (Fsp3) is 0.529. The Kier molecular flexibility index (Phi) is 4.35. The van der Waals surface area contributed by atoms with Crippen LogP contribution in [0.5, 0.6) is 0 Å². The molecule has 0 saturated carbocycles. The molecular weight excluding hydrogens is 266 g/mol. The number of benzene rings is 1. The highest BCUT2D eigenvalue weighted by Crippen LogP contribution is 2.39. The van der Waals surface area contributed by atoms with Gasteiger partial charge in [-0.3, -0.25) is 9.59 Å². The Labute approximate surface area is 126 Å². The van der Waals surface area contributed by atoms with Gasteiger partial charge in [0.05, 0.1) is 13.5 Å². The Bertz CT molecular complexity index is 545. The van der Waals surface area contributed by atoms with Gasteiger partial charge in [-0.15, -0.1) is 0 Å². The molecule has 0 spiro atoms. The van der Waals surface area contributed by atoms with E-state index in [2.05, 4.69) is 20.8 Å². The molecule has 1 aromatic carbocycles. The Balaban J connectivity index is 2.22. The molecule has 0 bridgehead atoms. The molecule has 1 aliphatic heterocycles. The molecule has 1 amide bonds. The van der Waals surface area contributed by atoms with Crippen molar-refractivity contribution in [2.75, 3.05) is 18.6 Å². The number of anilines is 1. The highest BCUT2D eigenvalue weighted by Gasteiger charge is 2.34. The van der Waals surface area contributed by atoms with Crippen molar-refractivity contribution < 1.29 is 14.3 Å². The van der Waals surface area contributed by atoms with Crippen molar-refractivity contribution in [3.63, 3.8) is 0 Å². The molecule has 0 radical (unpaired) electrons. The fourth-order valence-corrected chi connectivity index (χ4v) is 2.74. The predicted molar refractivity (Wildman–Crippen MR) is 82.2 cm³/mol. The lowest BCUT2D eigenvalue weighted by Crippen LogP contribution is -2.33. The summed E-state index contributed by atoms with van der Waals surface area (Å²) in [5, 5.41) is 0.